The molecule has 0 bridgehead atoms. The van der Waals surface area contributed by atoms with Crippen molar-refractivity contribution in [3.8, 4) is 0 Å². The summed E-state index contributed by atoms with van der Waals surface area (Å²) < 4.78 is 4.76. The molecule has 0 aromatic carbocycles. The Morgan fingerprint density at radius 1 is 1.43 bits per heavy atom. The Bertz CT molecular complexity index is 276. The van der Waals surface area contributed by atoms with Gasteiger partial charge in [0.05, 0.1) is 6.61 Å². The van der Waals surface area contributed by atoms with Crippen molar-refractivity contribution in [2.75, 3.05) is 6.61 Å². The van der Waals surface area contributed by atoms with Gasteiger partial charge in [-0.3, -0.25) is 0 Å². The third-order valence-corrected chi connectivity index (χ3v) is 1.49. The minimum absolute atomic E-state index is 0.177. The van der Waals surface area contributed by atoms with Crippen LogP contribution in [0, 0.1) is 0 Å². The molecule has 0 heterocycles. The molecule has 1 N–H and O–H groups in total. The maximum absolute atomic E-state index is 10.9. The second kappa shape index (κ2) is 5.96. The van der Waals surface area contributed by atoms with Gasteiger partial charge in [-0.05, 0) is 13.8 Å². The highest BCUT2D eigenvalue weighted by atomic mass is 16.5. The normalized spacial score (nSPS) is 10.9. The molecule has 0 aromatic rings. The van der Waals surface area contributed by atoms with E-state index < -0.39 is 11.9 Å². The van der Waals surface area contributed by atoms with E-state index in [1.165, 1.54) is 13.0 Å². The first-order valence-corrected chi connectivity index (χ1v) is 4.18. The SMILES string of the molecule is C=C(C)C(=O)OCCC=C(C)C(=O)O. The zero-order valence-corrected chi connectivity index (χ0v) is 8.37. The fourth-order valence-electron chi connectivity index (χ4n) is 0.638. The fraction of sp³-hybridized carbons (Fsp3) is 0.400. The minimum atomic E-state index is -0.962. The molecule has 4 nitrogen and oxygen atoms in total. The molecule has 0 aliphatic rings. The summed E-state index contributed by atoms with van der Waals surface area (Å²) in [5, 5.41) is 8.49. The summed E-state index contributed by atoms with van der Waals surface area (Å²) in [4.78, 5) is 21.2. The van der Waals surface area contributed by atoms with E-state index >= 15 is 0 Å². The molecule has 0 atom stereocenters. The van der Waals surface area contributed by atoms with E-state index in [1.807, 2.05) is 0 Å². The van der Waals surface area contributed by atoms with E-state index in [4.69, 9.17) is 9.84 Å². The van der Waals surface area contributed by atoms with Crippen molar-refractivity contribution in [2.24, 2.45) is 0 Å². The maximum atomic E-state index is 10.9. The van der Waals surface area contributed by atoms with Gasteiger partial charge in [-0.25, -0.2) is 9.59 Å². The monoisotopic (exact) mass is 198 g/mol. The molecule has 0 aliphatic heterocycles. The Hall–Kier alpha value is -1.58. The highest BCUT2D eigenvalue weighted by molar-refractivity contribution is 5.87. The van der Waals surface area contributed by atoms with Crippen molar-refractivity contribution >= 4 is 11.9 Å². The first-order chi connectivity index (χ1) is 6.45. The Morgan fingerprint density at radius 3 is 2.43 bits per heavy atom. The van der Waals surface area contributed by atoms with Gasteiger partial charge in [-0.1, -0.05) is 12.7 Å². The number of aliphatic carboxylic acids is 1. The molecule has 78 valence electrons. The Balaban J connectivity index is 3.77. The van der Waals surface area contributed by atoms with Gasteiger partial charge in [0, 0.05) is 17.6 Å². The van der Waals surface area contributed by atoms with Crippen LogP contribution in [-0.2, 0) is 14.3 Å². The van der Waals surface area contributed by atoms with Gasteiger partial charge >= 0.3 is 11.9 Å². The smallest absolute Gasteiger partial charge is 0.333 e. The lowest BCUT2D eigenvalue weighted by Gasteiger charge is -2.01. The summed E-state index contributed by atoms with van der Waals surface area (Å²) in [5.74, 6) is -1.41. The van der Waals surface area contributed by atoms with Crippen LogP contribution in [0.4, 0.5) is 0 Å². The van der Waals surface area contributed by atoms with Crippen molar-refractivity contribution in [3.05, 3.63) is 23.8 Å². The van der Waals surface area contributed by atoms with Gasteiger partial charge in [0.1, 0.15) is 0 Å². The van der Waals surface area contributed by atoms with E-state index in [0.717, 1.165) is 0 Å². The Morgan fingerprint density at radius 2 is 2.00 bits per heavy atom. The molecule has 0 spiro atoms. The third kappa shape index (κ3) is 5.13. The summed E-state index contributed by atoms with van der Waals surface area (Å²) >= 11 is 0. The van der Waals surface area contributed by atoms with Crippen LogP contribution in [0.25, 0.3) is 0 Å². The number of hydrogen-bond acceptors (Lipinski definition) is 3. The van der Waals surface area contributed by atoms with E-state index in [-0.39, 0.29) is 12.2 Å². The molecule has 0 rings (SSSR count). The van der Waals surface area contributed by atoms with Crippen molar-refractivity contribution in [3.63, 3.8) is 0 Å². The molecule has 0 amide bonds. The molecule has 0 unspecified atom stereocenters. The average molecular weight is 198 g/mol. The standard InChI is InChI=1S/C10H14O4/c1-7(2)10(13)14-6-4-5-8(3)9(11)12/h5H,1,4,6H2,2-3H3,(H,11,12). The number of hydrogen-bond donors (Lipinski definition) is 1. The lowest BCUT2D eigenvalue weighted by molar-refractivity contribution is -0.138. The molecule has 0 aliphatic carbocycles. The van der Waals surface area contributed by atoms with Gasteiger partial charge in [0.15, 0.2) is 0 Å². The first-order valence-electron chi connectivity index (χ1n) is 4.18. The molecule has 0 saturated carbocycles. The fourth-order valence-corrected chi connectivity index (χ4v) is 0.638. The van der Waals surface area contributed by atoms with Crippen molar-refractivity contribution < 1.29 is 19.4 Å². The quantitative estimate of drug-likeness (QED) is 0.413. The number of carbonyl (C=O) groups is 2. The van der Waals surface area contributed by atoms with Crippen LogP contribution in [0.5, 0.6) is 0 Å². The molecule has 0 radical (unpaired) electrons. The van der Waals surface area contributed by atoms with E-state index in [9.17, 15) is 9.59 Å². The Kier molecular flexibility index (Phi) is 5.29. The van der Waals surface area contributed by atoms with Crippen LogP contribution >= 0.6 is 0 Å². The van der Waals surface area contributed by atoms with Crippen molar-refractivity contribution in [1.29, 1.82) is 0 Å². The number of esters is 1. The van der Waals surface area contributed by atoms with Crippen LogP contribution in [0.1, 0.15) is 20.3 Å². The van der Waals surface area contributed by atoms with Gasteiger partial charge < -0.3 is 9.84 Å². The van der Waals surface area contributed by atoms with E-state index in [2.05, 4.69) is 6.58 Å². The lowest BCUT2D eigenvalue weighted by atomic mass is 10.2. The van der Waals surface area contributed by atoms with Crippen LogP contribution in [0.2, 0.25) is 0 Å². The zero-order valence-electron chi connectivity index (χ0n) is 8.37. The van der Waals surface area contributed by atoms with Gasteiger partial charge in [0.25, 0.3) is 0 Å². The van der Waals surface area contributed by atoms with Crippen LogP contribution in [0.3, 0.4) is 0 Å². The first kappa shape index (κ1) is 12.4. The summed E-state index contributed by atoms with van der Waals surface area (Å²) in [7, 11) is 0. The largest absolute Gasteiger partial charge is 0.478 e. The number of carboxylic acids is 1. The van der Waals surface area contributed by atoms with E-state index in [0.29, 0.717) is 12.0 Å². The minimum Gasteiger partial charge on any atom is -0.478 e. The molecular weight excluding hydrogens is 184 g/mol. The summed E-state index contributed by atoms with van der Waals surface area (Å²) in [5.41, 5.74) is 0.584. The van der Waals surface area contributed by atoms with Crippen molar-refractivity contribution in [2.45, 2.75) is 20.3 Å². The highest BCUT2D eigenvalue weighted by Crippen LogP contribution is 1.98. The van der Waals surface area contributed by atoms with Crippen LogP contribution < -0.4 is 0 Å². The van der Waals surface area contributed by atoms with Crippen LogP contribution in [-0.4, -0.2) is 23.7 Å². The number of carbonyl (C=O) groups excluding carboxylic acids is 1. The van der Waals surface area contributed by atoms with Gasteiger partial charge in [-0.2, -0.15) is 0 Å². The lowest BCUT2D eigenvalue weighted by Crippen LogP contribution is -2.06. The van der Waals surface area contributed by atoms with Crippen LogP contribution in [0.15, 0.2) is 23.8 Å². The number of rotatable bonds is 5. The summed E-state index contributed by atoms with van der Waals surface area (Å²) in [6.07, 6.45) is 1.91. The predicted octanol–water partition coefficient (Wildman–Crippen LogP) is 1.53. The number of carboxylic acid groups (broad SMARTS) is 1. The zero-order chi connectivity index (χ0) is 11.1. The molecular formula is C10H14O4. The third-order valence-electron chi connectivity index (χ3n) is 1.49. The second-order valence-corrected chi connectivity index (χ2v) is 2.90. The second-order valence-electron chi connectivity index (χ2n) is 2.90. The maximum Gasteiger partial charge on any atom is 0.333 e. The van der Waals surface area contributed by atoms with Gasteiger partial charge in [-0.15, -0.1) is 0 Å². The van der Waals surface area contributed by atoms with Crippen molar-refractivity contribution in [1.82, 2.24) is 0 Å². The Labute approximate surface area is 82.9 Å². The molecule has 14 heavy (non-hydrogen) atoms. The molecule has 0 fully saturated rings. The molecule has 4 heteroatoms. The van der Waals surface area contributed by atoms with E-state index in [1.54, 1.807) is 6.92 Å². The number of ether oxygens (including phenoxy) is 1. The van der Waals surface area contributed by atoms with Gasteiger partial charge in [0.2, 0.25) is 0 Å². The topological polar surface area (TPSA) is 63.6 Å². The average Bonchev–Trinajstić information content (AvgIpc) is 2.11. The molecule has 0 saturated heterocycles. The highest BCUT2D eigenvalue weighted by Gasteiger charge is 2.02. The predicted molar refractivity (Wildman–Crippen MR) is 51.8 cm³/mol. The molecule has 0 aromatic heterocycles. The summed E-state index contributed by atoms with van der Waals surface area (Å²) in [6.45, 7) is 6.64. The summed E-state index contributed by atoms with van der Waals surface area (Å²) in [6, 6.07) is 0.